The van der Waals surface area contributed by atoms with Crippen LogP contribution in [-0.4, -0.2) is 36.0 Å². The van der Waals surface area contributed by atoms with E-state index in [0.29, 0.717) is 22.6 Å². The molecule has 0 atom stereocenters. The van der Waals surface area contributed by atoms with E-state index in [4.69, 9.17) is 4.74 Å². The Hall–Kier alpha value is -3.88. The minimum absolute atomic E-state index is 0.0281. The van der Waals surface area contributed by atoms with E-state index in [-0.39, 0.29) is 24.8 Å². The van der Waals surface area contributed by atoms with E-state index >= 15 is 0 Å². The van der Waals surface area contributed by atoms with E-state index in [0.717, 1.165) is 0 Å². The lowest BCUT2D eigenvalue weighted by Gasteiger charge is -2.19. The topological polar surface area (TPSA) is 126 Å². The van der Waals surface area contributed by atoms with Crippen LogP contribution >= 0.6 is 0 Å². The molecule has 0 spiro atoms. The first-order valence-corrected chi connectivity index (χ1v) is 10.1. The molecule has 0 unspecified atom stereocenters. The van der Waals surface area contributed by atoms with Crippen molar-refractivity contribution in [2.24, 2.45) is 0 Å². The fourth-order valence-electron chi connectivity index (χ4n) is 2.64. The molecule has 2 aromatic rings. The summed E-state index contributed by atoms with van der Waals surface area (Å²) in [5.41, 5.74) is 1.06. The number of hydrogen-bond acceptors (Lipinski definition) is 5. The number of carbonyl (C=O) groups is 4. The highest BCUT2D eigenvalue weighted by Crippen LogP contribution is 2.22. The van der Waals surface area contributed by atoms with Crippen LogP contribution < -0.4 is 21.3 Å². The van der Waals surface area contributed by atoms with E-state index < -0.39 is 17.6 Å². The standard InChI is InChI=1S/C23H28N4O5/c1-15(28)25-17-9-7-8-16(14-17)21(30)27-19-11-6-5-10-18(19)26-20(29)12-13-24-22(31)32-23(2,3)4/h5-11,14H,12-13H2,1-4H3,(H,24,31)(H,25,28)(H,26,29)(H,27,30). The van der Waals surface area contributed by atoms with Crippen molar-refractivity contribution in [1.82, 2.24) is 5.32 Å². The van der Waals surface area contributed by atoms with Crippen LogP contribution in [0.2, 0.25) is 0 Å². The second-order valence-electron chi connectivity index (χ2n) is 7.99. The van der Waals surface area contributed by atoms with Crippen LogP contribution in [0.15, 0.2) is 48.5 Å². The van der Waals surface area contributed by atoms with Crippen molar-refractivity contribution in [2.45, 2.75) is 39.7 Å². The molecule has 0 fully saturated rings. The SMILES string of the molecule is CC(=O)Nc1cccc(C(=O)Nc2ccccc2NC(=O)CCNC(=O)OC(C)(C)C)c1. The van der Waals surface area contributed by atoms with Crippen molar-refractivity contribution in [1.29, 1.82) is 0 Å². The number of alkyl carbamates (subject to hydrolysis) is 1. The Morgan fingerprint density at radius 2 is 1.53 bits per heavy atom. The number of hydrogen-bond donors (Lipinski definition) is 4. The Labute approximate surface area is 186 Å². The van der Waals surface area contributed by atoms with Gasteiger partial charge in [-0.1, -0.05) is 18.2 Å². The Bertz CT molecular complexity index is 998. The first kappa shape index (κ1) is 24.4. The van der Waals surface area contributed by atoms with E-state index in [2.05, 4.69) is 21.3 Å². The summed E-state index contributed by atoms with van der Waals surface area (Å²) in [6.45, 7) is 6.74. The van der Waals surface area contributed by atoms with Crippen molar-refractivity contribution in [2.75, 3.05) is 22.5 Å². The molecule has 4 amide bonds. The summed E-state index contributed by atoms with van der Waals surface area (Å²) in [7, 11) is 0. The molecule has 4 N–H and O–H groups in total. The largest absolute Gasteiger partial charge is 0.444 e. The van der Waals surface area contributed by atoms with Crippen LogP contribution in [0.3, 0.4) is 0 Å². The molecule has 0 aliphatic carbocycles. The Kier molecular flexibility index (Phi) is 8.34. The van der Waals surface area contributed by atoms with E-state index in [1.807, 2.05) is 0 Å². The van der Waals surface area contributed by atoms with E-state index in [1.54, 1.807) is 69.3 Å². The molecule has 0 aliphatic heterocycles. The van der Waals surface area contributed by atoms with Gasteiger partial charge >= 0.3 is 6.09 Å². The number of nitrogens with one attached hydrogen (secondary N) is 4. The Balaban J connectivity index is 1.96. The zero-order valence-corrected chi connectivity index (χ0v) is 18.6. The first-order chi connectivity index (χ1) is 15.0. The van der Waals surface area contributed by atoms with Gasteiger partial charge in [-0.05, 0) is 51.1 Å². The lowest BCUT2D eigenvalue weighted by Crippen LogP contribution is -2.34. The molecule has 2 rings (SSSR count). The van der Waals surface area contributed by atoms with Crippen LogP contribution in [0.1, 0.15) is 44.5 Å². The fraction of sp³-hybridized carbons (Fsp3) is 0.304. The van der Waals surface area contributed by atoms with Gasteiger partial charge in [0.25, 0.3) is 5.91 Å². The van der Waals surface area contributed by atoms with Gasteiger partial charge in [-0.15, -0.1) is 0 Å². The number of para-hydroxylation sites is 2. The summed E-state index contributed by atoms with van der Waals surface area (Å²) in [5.74, 6) is -0.974. The van der Waals surface area contributed by atoms with Gasteiger partial charge in [0.05, 0.1) is 11.4 Å². The minimum Gasteiger partial charge on any atom is -0.444 e. The quantitative estimate of drug-likeness (QED) is 0.522. The summed E-state index contributed by atoms with van der Waals surface area (Å²) in [5, 5.41) is 10.6. The molecular formula is C23H28N4O5. The predicted octanol–water partition coefficient (Wildman–Crippen LogP) is 3.75. The van der Waals surface area contributed by atoms with Crippen molar-refractivity contribution in [3.05, 3.63) is 54.1 Å². The lowest BCUT2D eigenvalue weighted by molar-refractivity contribution is -0.116. The maximum absolute atomic E-state index is 12.7. The smallest absolute Gasteiger partial charge is 0.407 e. The molecule has 9 heteroatoms. The second kappa shape index (κ2) is 10.9. The van der Waals surface area contributed by atoms with Crippen molar-refractivity contribution >= 4 is 40.9 Å². The molecule has 2 aromatic carbocycles. The highest BCUT2D eigenvalue weighted by molar-refractivity contribution is 6.08. The third-order valence-electron chi connectivity index (χ3n) is 3.91. The van der Waals surface area contributed by atoms with Gasteiger partial charge in [-0.25, -0.2) is 4.79 Å². The van der Waals surface area contributed by atoms with Crippen LogP contribution in [0.4, 0.5) is 21.9 Å². The second-order valence-corrected chi connectivity index (χ2v) is 7.99. The average Bonchev–Trinajstić information content (AvgIpc) is 2.67. The molecule has 0 radical (unpaired) electrons. The number of ether oxygens (including phenoxy) is 1. The van der Waals surface area contributed by atoms with E-state index in [1.165, 1.54) is 6.92 Å². The van der Waals surface area contributed by atoms with Gasteiger partial charge in [0, 0.05) is 31.1 Å². The third-order valence-corrected chi connectivity index (χ3v) is 3.91. The van der Waals surface area contributed by atoms with E-state index in [9.17, 15) is 19.2 Å². The lowest BCUT2D eigenvalue weighted by atomic mass is 10.1. The summed E-state index contributed by atoms with van der Waals surface area (Å²) in [4.78, 5) is 47.8. The molecule has 0 aromatic heterocycles. The van der Waals surface area contributed by atoms with Crippen LogP contribution in [0.5, 0.6) is 0 Å². The van der Waals surface area contributed by atoms with Crippen LogP contribution in [-0.2, 0) is 14.3 Å². The fourth-order valence-corrected chi connectivity index (χ4v) is 2.64. The number of benzene rings is 2. The van der Waals surface area contributed by atoms with Gasteiger partial charge in [-0.3, -0.25) is 14.4 Å². The number of rotatable bonds is 7. The number of anilines is 3. The normalized spacial score (nSPS) is 10.6. The Morgan fingerprint density at radius 1 is 0.875 bits per heavy atom. The maximum Gasteiger partial charge on any atom is 0.407 e. The van der Waals surface area contributed by atoms with Gasteiger partial charge < -0.3 is 26.0 Å². The molecule has 0 bridgehead atoms. The highest BCUT2D eigenvalue weighted by atomic mass is 16.6. The molecule has 170 valence electrons. The third kappa shape index (κ3) is 8.47. The predicted molar refractivity (Wildman–Crippen MR) is 123 cm³/mol. The highest BCUT2D eigenvalue weighted by Gasteiger charge is 2.16. The molecule has 0 heterocycles. The monoisotopic (exact) mass is 440 g/mol. The summed E-state index contributed by atoms with van der Waals surface area (Å²) in [6.07, 6.45) is -0.570. The minimum atomic E-state index is -0.620. The van der Waals surface area contributed by atoms with Gasteiger partial charge in [0.1, 0.15) is 5.60 Å². The zero-order chi connectivity index (χ0) is 23.7. The number of amides is 4. The zero-order valence-electron chi connectivity index (χ0n) is 18.6. The van der Waals surface area contributed by atoms with Crippen LogP contribution in [0.25, 0.3) is 0 Å². The maximum atomic E-state index is 12.7. The van der Waals surface area contributed by atoms with Gasteiger partial charge in [-0.2, -0.15) is 0 Å². The molecule has 0 saturated heterocycles. The molecule has 0 saturated carbocycles. The molecular weight excluding hydrogens is 412 g/mol. The average molecular weight is 441 g/mol. The summed E-state index contributed by atoms with van der Waals surface area (Å²) >= 11 is 0. The van der Waals surface area contributed by atoms with Crippen molar-refractivity contribution in [3.63, 3.8) is 0 Å². The van der Waals surface area contributed by atoms with Crippen LogP contribution in [0, 0.1) is 0 Å². The number of carbonyl (C=O) groups excluding carboxylic acids is 4. The summed E-state index contributed by atoms with van der Waals surface area (Å²) < 4.78 is 5.12. The van der Waals surface area contributed by atoms with Gasteiger partial charge in [0.15, 0.2) is 0 Å². The van der Waals surface area contributed by atoms with Gasteiger partial charge in [0.2, 0.25) is 11.8 Å². The Morgan fingerprint density at radius 3 is 2.16 bits per heavy atom. The summed E-state index contributed by atoms with van der Waals surface area (Å²) in [6, 6.07) is 13.3. The molecule has 0 aliphatic rings. The first-order valence-electron chi connectivity index (χ1n) is 10.1. The van der Waals surface area contributed by atoms with Crippen molar-refractivity contribution < 1.29 is 23.9 Å². The molecule has 32 heavy (non-hydrogen) atoms. The van der Waals surface area contributed by atoms with Crippen molar-refractivity contribution in [3.8, 4) is 0 Å². The molecule has 9 nitrogen and oxygen atoms in total.